The van der Waals surface area contributed by atoms with Crippen molar-refractivity contribution < 1.29 is 9.72 Å². The third-order valence-corrected chi connectivity index (χ3v) is 4.83. The van der Waals surface area contributed by atoms with Crippen molar-refractivity contribution >= 4 is 39.1 Å². The molecular weight excluding hydrogens is 398 g/mol. The molecule has 0 aliphatic carbocycles. The summed E-state index contributed by atoms with van der Waals surface area (Å²) in [6.45, 7) is 1.55. The molecule has 0 saturated carbocycles. The summed E-state index contributed by atoms with van der Waals surface area (Å²) < 4.78 is 2.64. The molecule has 0 fully saturated rings. The molecular formula is C17H13N7O4S. The zero-order valence-electron chi connectivity index (χ0n) is 15.0. The van der Waals surface area contributed by atoms with Crippen LogP contribution in [0.4, 0.5) is 10.8 Å². The van der Waals surface area contributed by atoms with Gasteiger partial charge in [0.25, 0.3) is 11.2 Å². The predicted octanol–water partition coefficient (Wildman–Crippen LogP) is 1.95. The van der Waals surface area contributed by atoms with Gasteiger partial charge in [-0.2, -0.15) is 5.10 Å². The molecule has 1 amide bonds. The average Bonchev–Trinajstić information content (AvgIpc) is 3.30. The van der Waals surface area contributed by atoms with E-state index in [4.69, 9.17) is 0 Å². The normalized spacial score (nSPS) is 10.9. The Morgan fingerprint density at radius 3 is 2.90 bits per heavy atom. The SMILES string of the molecule is CC(=O)Nc1nc(Cn2cnc3c(cnn3-c3ccccc3[N+](=O)[O-])c2=O)cs1. The van der Waals surface area contributed by atoms with E-state index in [1.807, 2.05) is 0 Å². The number of carbonyl (C=O) groups excluding carboxylic acids is 1. The van der Waals surface area contributed by atoms with E-state index in [-0.39, 0.29) is 40.4 Å². The number of thiazole rings is 1. The second-order valence-corrected chi connectivity index (χ2v) is 6.90. The van der Waals surface area contributed by atoms with Crippen molar-refractivity contribution in [1.82, 2.24) is 24.3 Å². The van der Waals surface area contributed by atoms with Crippen LogP contribution in [-0.4, -0.2) is 35.1 Å². The Balaban J connectivity index is 1.72. The smallest absolute Gasteiger partial charge is 0.294 e. The molecule has 0 aliphatic heterocycles. The minimum atomic E-state index is -0.515. The predicted molar refractivity (Wildman–Crippen MR) is 105 cm³/mol. The summed E-state index contributed by atoms with van der Waals surface area (Å²) in [5.74, 6) is -0.228. The van der Waals surface area contributed by atoms with E-state index in [1.165, 1.54) is 52.2 Å². The summed E-state index contributed by atoms with van der Waals surface area (Å²) in [5, 5.41) is 20.4. The molecule has 146 valence electrons. The van der Waals surface area contributed by atoms with E-state index in [0.29, 0.717) is 10.8 Å². The number of rotatable bonds is 5. The second kappa shape index (κ2) is 7.24. The largest absolute Gasteiger partial charge is 0.302 e. The van der Waals surface area contributed by atoms with Crippen LogP contribution in [0.5, 0.6) is 0 Å². The number of hydrogen-bond donors (Lipinski definition) is 1. The highest BCUT2D eigenvalue weighted by molar-refractivity contribution is 7.13. The molecule has 3 heterocycles. The number of fused-ring (bicyclic) bond motifs is 1. The van der Waals surface area contributed by atoms with E-state index in [2.05, 4.69) is 20.4 Å². The second-order valence-electron chi connectivity index (χ2n) is 6.04. The average molecular weight is 411 g/mol. The first-order chi connectivity index (χ1) is 13.9. The monoisotopic (exact) mass is 411 g/mol. The van der Waals surface area contributed by atoms with Gasteiger partial charge in [0, 0.05) is 18.4 Å². The molecule has 12 heteroatoms. The van der Waals surface area contributed by atoms with Crippen LogP contribution in [0.25, 0.3) is 16.7 Å². The number of anilines is 1. The molecule has 0 atom stereocenters. The first-order valence-corrected chi connectivity index (χ1v) is 9.21. The Kier molecular flexibility index (Phi) is 4.60. The molecule has 0 saturated heterocycles. The maximum atomic E-state index is 12.8. The zero-order chi connectivity index (χ0) is 20.5. The minimum absolute atomic E-state index is 0.142. The topological polar surface area (TPSA) is 138 Å². The van der Waals surface area contributed by atoms with Gasteiger partial charge in [-0.3, -0.25) is 24.3 Å². The fourth-order valence-corrected chi connectivity index (χ4v) is 3.54. The van der Waals surface area contributed by atoms with Gasteiger partial charge in [-0.15, -0.1) is 11.3 Å². The van der Waals surface area contributed by atoms with E-state index in [1.54, 1.807) is 17.5 Å². The fourth-order valence-electron chi connectivity index (χ4n) is 2.80. The number of aromatic nitrogens is 5. The molecule has 0 bridgehead atoms. The molecule has 4 rings (SSSR count). The number of para-hydroxylation sites is 2. The standard InChI is InChI=1S/C17H13N7O4S/c1-10(25)20-17-21-11(8-29-17)7-22-9-18-15-12(16(22)26)6-19-23(15)13-4-2-3-5-14(13)24(27)28/h2-6,8-9H,7H2,1H3,(H,20,21,25). The number of hydrogen-bond acceptors (Lipinski definition) is 8. The van der Waals surface area contributed by atoms with Crippen molar-refractivity contribution in [3.63, 3.8) is 0 Å². The summed E-state index contributed by atoms with van der Waals surface area (Å²) in [6.07, 6.45) is 2.68. The van der Waals surface area contributed by atoms with E-state index < -0.39 is 4.92 Å². The van der Waals surface area contributed by atoms with Crippen LogP contribution >= 0.6 is 11.3 Å². The first-order valence-electron chi connectivity index (χ1n) is 8.33. The van der Waals surface area contributed by atoms with Crippen molar-refractivity contribution in [2.24, 2.45) is 0 Å². The van der Waals surface area contributed by atoms with Gasteiger partial charge in [0.1, 0.15) is 17.4 Å². The molecule has 4 aromatic rings. The van der Waals surface area contributed by atoms with E-state index in [0.717, 1.165) is 0 Å². The lowest BCUT2D eigenvalue weighted by Gasteiger charge is -2.05. The quantitative estimate of drug-likeness (QED) is 0.391. The number of carbonyl (C=O) groups is 1. The van der Waals surface area contributed by atoms with Crippen LogP contribution < -0.4 is 10.9 Å². The number of nitro benzene ring substituents is 1. The fraction of sp³-hybridized carbons (Fsp3) is 0.118. The van der Waals surface area contributed by atoms with Gasteiger partial charge in [0.15, 0.2) is 10.8 Å². The highest BCUT2D eigenvalue weighted by Gasteiger charge is 2.19. The van der Waals surface area contributed by atoms with Gasteiger partial charge in [-0.1, -0.05) is 12.1 Å². The van der Waals surface area contributed by atoms with Crippen molar-refractivity contribution in [3.8, 4) is 5.69 Å². The van der Waals surface area contributed by atoms with Crippen molar-refractivity contribution in [3.05, 3.63) is 68.3 Å². The lowest BCUT2D eigenvalue weighted by Crippen LogP contribution is -2.21. The Morgan fingerprint density at radius 2 is 2.14 bits per heavy atom. The zero-order valence-corrected chi connectivity index (χ0v) is 15.8. The third kappa shape index (κ3) is 3.48. The molecule has 11 nitrogen and oxygen atoms in total. The lowest BCUT2D eigenvalue weighted by molar-refractivity contribution is -0.384. The van der Waals surface area contributed by atoms with Gasteiger partial charge in [0.05, 0.1) is 23.4 Å². The van der Waals surface area contributed by atoms with Gasteiger partial charge in [-0.05, 0) is 6.07 Å². The molecule has 1 N–H and O–H groups in total. The van der Waals surface area contributed by atoms with Crippen molar-refractivity contribution in [1.29, 1.82) is 0 Å². The number of amides is 1. The van der Waals surface area contributed by atoms with Crippen LogP contribution in [0, 0.1) is 10.1 Å². The highest BCUT2D eigenvalue weighted by atomic mass is 32.1. The van der Waals surface area contributed by atoms with Crippen LogP contribution in [0.2, 0.25) is 0 Å². The number of benzene rings is 1. The van der Waals surface area contributed by atoms with Gasteiger partial charge >= 0.3 is 0 Å². The summed E-state index contributed by atoms with van der Waals surface area (Å²) in [6, 6.07) is 6.10. The van der Waals surface area contributed by atoms with Crippen LogP contribution in [0.15, 0.2) is 47.0 Å². The molecule has 3 aromatic heterocycles. The highest BCUT2D eigenvalue weighted by Crippen LogP contribution is 2.24. The van der Waals surface area contributed by atoms with Crippen molar-refractivity contribution in [2.45, 2.75) is 13.5 Å². The first kappa shape index (κ1) is 18.4. The van der Waals surface area contributed by atoms with E-state index in [9.17, 15) is 19.7 Å². The Morgan fingerprint density at radius 1 is 1.34 bits per heavy atom. The molecule has 29 heavy (non-hydrogen) atoms. The Hall–Kier alpha value is -3.93. The minimum Gasteiger partial charge on any atom is -0.302 e. The van der Waals surface area contributed by atoms with E-state index >= 15 is 0 Å². The van der Waals surface area contributed by atoms with Gasteiger partial charge in [-0.25, -0.2) is 14.6 Å². The maximum Gasteiger partial charge on any atom is 0.294 e. The molecule has 0 spiro atoms. The Bertz CT molecular complexity index is 1310. The summed E-state index contributed by atoms with van der Waals surface area (Å²) in [7, 11) is 0. The molecule has 0 radical (unpaired) electrons. The van der Waals surface area contributed by atoms with Crippen LogP contribution in [0.3, 0.4) is 0 Å². The Labute approximate surface area is 166 Å². The maximum absolute atomic E-state index is 12.8. The van der Waals surface area contributed by atoms with Gasteiger partial charge < -0.3 is 5.32 Å². The number of nitrogens with one attached hydrogen (secondary N) is 1. The van der Waals surface area contributed by atoms with Crippen LogP contribution in [-0.2, 0) is 11.3 Å². The molecule has 0 aliphatic rings. The van der Waals surface area contributed by atoms with Gasteiger partial charge in [0.2, 0.25) is 5.91 Å². The van der Waals surface area contributed by atoms with Crippen molar-refractivity contribution in [2.75, 3.05) is 5.32 Å². The third-order valence-electron chi connectivity index (χ3n) is 4.03. The molecule has 1 aromatic carbocycles. The number of nitro groups is 1. The number of nitrogens with zero attached hydrogens (tertiary/aromatic N) is 6. The molecule has 0 unspecified atom stereocenters. The van der Waals surface area contributed by atoms with Crippen LogP contribution in [0.1, 0.15) is 12.6 Å². The summed E-state index contributed by atoms with van der Waals surface area (Å²) in [4.78, 5) is 43.2. The summed E-state index contributed by atoms with van der Waals surface area (Å²) in [5.41, 5.74) is 0.535. The summed E-state index contributed by atoms with van der Waals surface area (Å²) >= 11 is 1.25. The lowest BCUT2D eigenvalue weighted by atomic mass is 10.2.